The molecule has 1 aromatic heterocycles. The normalized spacial score (nSPS) is 14.5. The van der Waals surface area contributed by atoms with E-state index in [1.54, 1.807) is 0 Å². The van der Waals surface area contributed by atoms with Gasteiger partial charge in [-0.2, -0.15) is 11.8 Å². The van der Waals surface area contributed by atoms with Gasteiger partial charge in [-0.1, -0.05) is 0 Å². The Balaban J connectivity index is 2.74. The number of carboxylic acid groups (broad SMARTS) is 1. The van der Waals surface area contributed by atoms with Crippen LogP contribution in [-0.4, -0.2) is 63.0 Å². The predicted octanol–water partition coefficient (Wildman–Crippen LogP) is -0.893. The van der Waals surface area contributed by atoms with Gasteiger partial charge in [-0.25, -0.2) is 9.78 Å². The molecule has 0 aliphatic heterocycles. The Morgan fingerprint density at radius 3 is 2.50 bits per heavy atom. The van der Waals surface area contributed by atoms with Crippen LogP contribution < -0.4 is 16.4 Å². The second-order valence-corrected chi connectivity index (χ2v) is 6.30. The van der Waals surface area contributed by atoms with E-state index in [1.807, 2.05) is 6.26 Å². The molecular weight excluding hydrogens is 334 g/mol. The van der Waals surface area contributed by atoms with Gasteiger partial charge in [-0.05, 0) is 25.4 Å². The first-order valence-corrected chi connectivity index (χ1v) is 8.79. The van der Waals surface area contributed by atoms with Gasteiger partial charge in [0.1, 0.15) is 12.1 Å². The Hall–Kier alpha value is -2.07. The molecule has 134 valence electrons. The van der Waals surface area contributed by atoms with E-state index >= 15 is 0 Å². The molecule has 24 heavy (non-hydrogen) atoms. The number of imidazole rings is 1. The maximum absolute atomic E-state index is 12.4. The van der Waals surface area contributed by atoms with Gasteiger partial charge in [0.25, 0.3) is 0 Å². The summed E-state index contributed by atoms with van der Waals surface area (Å²) in [7, 11) is 0. The van der Waals surface area contributed by atoms with Crippen molar-refractivity contribution in [1.29, 1.82) is 0 Å². The highest BCUT2D eigenvalue weighted by molar-refractivity contribution is 7.98. The first kappa shape index (κ1) is 20.0. The van der Waals surface area contributed by atoms with Crippen LogP contribution in [0.5, 0.6) is 0 Å². The molecule has 0 saturated heterocycles. The van der Waals surface area contributed by atoms with E-state index in [9.17, 15) is 19.5 Å². The number of thioether (sulfide) groups is 1. The van der Waals surface area contributed by atoms with E-state index in [0.29, 0.717) is 17.9 Å². The van der Waals surface area contributed by atoms with E-state index < -0.39 is 35.9 Å². The number of hydrogen-bond donors (Lipinski definition) is 5. The number of H-pyrrole nitrogens is 1. The van der Waals surface area contributed by atoms with Crippen LogP contribution in [0.1, 0.15) is 19.0 Å². The molecule has 9 nitrogen and oxygen atoms in total. The van der Waals surface area contributed by atoms with Crippen LogP contribution in [-0.2, 0) is 20.8 Å². The highest BCUT2D eigenvalue weighted by Crippen LogP contribution is 2.04. The van der Waals surface area contributed by atoms with Crippen LogP contribution in [0.15, 0.2) is 12.5 Å². The molecule has 0 aliphatic carbocycles. The smallest absolute Gasteiger partial charge is 0.326 e. The minimum Gasteiger partial charge on any atom is -0.480 e. The number of carboxylic acids is 1. The number of nitrogens with two attached hydrogens (primary N) is 1. The largest absolute Gasteiger partial charge is 0.480 e. The fourth-order valence-electron chi connectivity index (χ4n) is 1.90. The zero-order chi connectivity index (χ0) is 18.1. The number of nitrogens with one attached hydrogen (secondary N) is 3. The van der Waals surface area contributed by atoms with Crippen molar-refractivity contribution in [3.05, 3.63) is 18.2 Å². The maximum atomic E-state index is 12.4. The minimum absolute atomic E-state index is 0.0670. The summed E-state index contributed by atoms with van der Waals surface area (Å²) in [4.78, 5) is 42.1. The summed E-state index contributed by atoms with van der Waals surface area (Å²) >= 11 is 1.52. The molecule has 0 saturated carbocycles. The lowest BCUT2D eigenvalue weighted by molar-refractivity contribution is -0.142. The number of aliphatic carboxylic acids is 1. The van der Waals surface area contributed by atoms with Crippen molar-refractivity contribution >= 4 is 29.5 Å². The predicted molar refractivity (Wildman–Crippen MR) is 90.4 cm³/mol. The minimum atomic E-state index is -1.17. The summed E-state index contributed by atoms with van der Waals surface area (Å²) < 4.78 is 0. The van der Waals surface area contributed by atoms with E-state index in [-0.39, 0.29) is 6.42 Å². The number of hydrogen-bond acceptors (Lipinski definition) is 6. The molecule has 0 fully saturated rings. The first-order chi connectivity index (χ1) is 11.3. The molecule has 0 spiro atoms. The van der Waals surface area contributed by atoms with Gasteiger partial charge in [0, 0.05) is 18.3 Å². The SMILES string of the molecule is CSCC[C@H](NC(=O)[C@H](C)N)C(=O)N[C@@H](Cc1cnc[nH]1)C(=O)O. The van der Waals surface area contributed by atoms with E-state index in [0.717, 1.165) is 0 Å². The highest BCUT2D eigenvalue weighted by Gasteiger charge is 2.27. The molecule has 1 aromatic rings. The van der Waals surface area contributed by atoms with Gasteiger partial charge in [-0.15, -0.1) is 0 Å². The molecule has 2 amide bonds. The highest BCUT2D eigenvalue weighted by atomic mass is 32.2. The summed E-state index contributed by atoms with van der Waals surface area (Å²) in [5.74, 6) is -1.54. The summed E-state index contributed by atoms with van der Waals surface area (Å²) in [6, 6.07) is -2.71. The monoisotopic (exact) mass is 357 g/mol. The fraction of sp³-hybridized carbons (Fsp3) is 0.571. The third-order valence-electron chi connectivity index (χ3n) is 3.25. The van der Waals surface area contributed by atoms with Crippen molar-refractivity contribution < 1.29 is 19.5 Å². The Morgan fingerprint density at radius 2 is 2.00 bits per heavy atom. The number of rotatable bonds is 10. The topological polar surface area (TPSA) is 150 Å². The molecule has 1 rings (SSSR count). The van der Waals surface area contributed by atoms with Gasteiger partial charge >= 0.3 is 5.97 Å². The van der Waals surface area contributed by atoms with Crippen LogP contribution in [0, 0.1) is 0 Å². The zero-order valence-electron chi connectivity index (χ0n) is 13.6. The quantitative estimate of drug-likeness (QED) is 0.364. The molecule has 3 atom stereocenters. The molecule has 6 N–H and O–H groups in total. The standard InChI is InChI=1S/C14H23N5O4S/c1-8(15)12(20)18-10(3-4-24-2)13(21)19-11(14(22)23)5-9-6-16-7-17-9/h6-8,10-11H,3-5,15H2,1-2H3,(H,16,17)(H,18,20)(H,19,21)(H,22,23)/t8-,10-,11-/m0/s1. The van der Waals surface area contributed by atoms with Gasteiger partial charge in [0.2, 0.25) is 11.8 Å². The second kappa shape index (κ2) is 9.93. The van der Waals surface area contributed by atoms with E-state index in [4.69, 9.17) is 5.73 Å². The van der Waals surface area contributed by atoms with Crippen LogP contribution in [0.2, 0.25) is 0 Å². The molecule has 0 aliphatic rings. The summed E-state index contributed by atoms with van der Waals surface area (Å²) in [6.07, 6.45) is 5.24. The molecular formula is C14H23N5O4S. The van der Waals surface area contributed by atoms with Crippen molar-refractivity contribution in [2.45, 2.75) is 37.9 Å². The van der Waals surface area contributed by atoms with Gasteiger partial charge in [0.05, 0.1) is 12.4 Å². The van der Waals surface area contributed by atoms with Gasteiger partial charge in [-0.3, -0.25) is 9.59 Å². The summed E-state index contributed by atoms with van der Waals surface area (Å²) in [5.41, 5.74) is 6.08. The number of amides is 2. The third-order valence-corrected chi connectivity index (χ3v) is 3.89. The Labute approximate surface area is 144 Å². The first-order valence-electron chi connectivity index (χ1n) is 7.40. The fourth-order valence-corrected chi connectivity index (χ4v) is 2.37. The molecule has 0 bridgehead atoms. The third kappa shape index (κ3) is 6.59. The molecule has 1 heterocycles. The second-order valence-electron chi connectivity index (χ2n) is 5.31. The lowest BCUT2D eigenvalue weighted by Crippen LogP contribution is -2.54. The number of carbonyl (C=O) groups is 3. The number of nitrogens with zero attached hydrogens (tertiary/aromatic N) is 1. The lowest BCUT2D eigenvalue weighted by atomic mass is 10.1. The number of aromatic nitrogens is 2. The van der Waals surface area contributed by atoms with E-state index in [1.165, 1.54) is 31.2 Å². The Bertz CT molecular complexity index is 549. The summed E-state index contributed by atoms with van der Waals surface area (Å²) in [6.45, 7) is 1.51. The molecule has 0 radical (unpaired) electrons. The van der Waals surface area contributed by atoms with Crippen molar-refractivity contribution in [2.75, 3.05) is 12.0 Å². The van der Waals surface area contributed by atoms with E-state index in [2.05, 4.69) is 20.6 Å². The lowest BCUT2D eigenvalue weighted by Gasteiger charge is -2.22. The summed E-state index contributed by atoms with van der Waals surface area (Å²) in [5, 5.41) is 14.3. The molecule has 10 heteroatoms. The van der Waals surface area contributed by atoms with Crippen LogP contribution in [0.4, 0.5) is 0 Å². The number of aromatic amines is 1. The van der Waals surface area contributed by atoms with Crippen molar-refractivity contribution in [1.82, 2.24) is 20.6 Å². The Morgan fingerprint density at radius 1 is 1.33 bits per heavy atom. The van der Waals surface area contributed by atoms with Crippen LogP contribution in [0.3, 0.4) is 0 Å². The average molecular weight is 357 g/mol. The van der Waals surface area contributed by atoms with Crippen molar-refractivity contribution in [3.8, 4) is 0 Å². The Kier molecular flexibility index (Phi) is 8.27. The zero-order valence-corrected chi connectivity index (χ0v) is 14.4. The van der Waals surface area contributed by atoms with Crippen molar-refractivity contribution in [3.63, 3.8) is 0 Å². The molecule has 0 aromatic carbocycles. The average Bonchev–Trinajstić information content (AvgIpc) is 3.03. The van der Waals surface area contributed by atoms with Crippen LogP contribution >= 0.6 is 11.8 Å². The molecule has 0 unspecified atom stereocenters. The maximum Gasteiger partial charge on any atom is 0.326 e. The van der Waals surface area contributed by atoms with Crippen LogP contribution in [0.25, 0.3) is 0 Å². The van der Waals surface area contributed by atoms with Crippen molar-refractivity contribution in [2.24, 2.45) is 5.73 Å². The van der Waals surface area contributed by atoms with Gasteiger partial charge in [0.15, 0.2) is 0 Å². The number of carbonyl (C=O) groups excluding carboxylic acids is 2. The van der Waals surface area contributed by atoms with Gasteiger partial charge < -0.3 is 26.5 Å².